The molecule has 1 aliphatic rings. The van der Waals surface area contributed by atoms with E-state index in [2.05, 4.69) is 4.72 Å². The number of ether oxygens (including phenoxy) is 2. The average molecular weight is 399 g/mol. The van der Waals surface area contributed by atoms with E-state index in [0.717, 1.165) is 12.8 Å². The summed E-state index contributed by atoms with van der Waals surface area (Å²) >= 11 is 0. The number of nitrogens with zero attached hydrogens (tertiary/aromatic N) is 1. The Balaban J connectivity index is 1.85. The summed E-state index contributed by atoms with van der Waals surface area (Å²) in [5, 5.41) is 0. The van der Waals surface area contributed by atoms with Gasteiger partial charge in [-0.3, -0.25) is 0 Å². The normalized spacial score (nSPS) is 18.2. The molecule has 1 N–H and O–H groups in total. The van der Waals surface area contributed by atoms with Crippen LogP contribution in [0.3, 0.4) is 0 Å². The van der Waals surface area contributed by atoms with Gasteiger partial charge >= 0.3 is 6.09 Å². The van der Waals surface area contributed by atoms with Gasteiger partial charge in [-0.15, -0.1) is 0 Å². The number of piperidine rings is 1. The second-order valence-electron chi connectivity index (χ2n) is 7.89. The minimum absolute atomic E-state index is 0.0805. The third-order valence-electron chi connectivity index (χ3n) is 4.28. The summed E-state index contributed by atoms with van der Waals surface area (Å²) in [4.78, 5) is 13.9. The molecule has 0 saturated carbocycles. The van der Waals surface area contributed by atoms with Crippen LogP contribution in [0.1, 0.15) is 39.2 Å². The predicted octanol–water partition coefficient (Wildman–Crippen LogP) is 2.76. The standard InChI is InChI=1S/C19H30N2O5S/c1-19(2,3)26-18(22)21-11-5-6-16(13-21)12-20-27(23,24)14-15-7-9-17(25-4)10-8-15/h7-10,16,20H,5-6,11-14H2,1-4H3. The first-order valence-electron chi connectivity index (χ1n) is 9.16. The molecular weight excluding hydrogens is 368 g/mol. The first-order valence-corrected chi connectivity index (χ1v) is 10.8. The molecule has 0 aliphatic carbocycles. The molecule has 1 aliphatic heterocycles. The monoisotopic (exact) mass is 398 g/mol. The molecule has 27 heavy (non-hydrogen) atoms. The number of carbonyl (C=O) groups excluding carboxylic acids is 1. The molecule has 0 bridgehead atoms. The number of likely N-dealkylation sites (tertiary alicyclic amines) is 1. The molecular formula is C19H30N2O5S. The van der Waals surface area contributed by atoms with E-state index in [1.165, 1.54) is 0 Å². The van der Waals surface area contributed by atoms with E-state index in [-0.39, 0.29) is 17.8 Å². The summed E-state index contributed by atoms with van der Waals surface area (Å²) in [6.07, 6.45) is 1.38. The maximum Gasteiger partial charge on any atom is 0.410 e. The van der Waals surface area contributed by atoms with Gasteiger partial charge in [-0.1, -0.05) is 12.1 Å². The van der Waals surface area contributed by atoms with Crippen LogP contribution in [-0.2, 0) is 20.5 Å². The Hall–Kier alpha value is -1.80. The molecule has 1 atom stereocenters. The minimum atomic E-state index is -3.45. The Labute approximate surface area is 162 Å². The van der Waals surface area contributed by atoms with Gasteiger partial charge in [0, 0.05) is 19.6 Å². The van der Waals surface area contributed by atoms with Crippen molar-refractivity contribution in [1.29, 1.82) is 0 Å². The molecule has 2 rings (SSSR count). The smallest absolute Gasteiger partial charge is 0.410 e. The van der Waals surface area contributed by atoms with Crippen molar-refractivity contribution in [2.24, 2.45) is 5.92 Å². The van der Waals surface area contributed by atoms with Crippen molar-refractivity contribution in [3.8, 4) is 5.75 Å². The molecule has 7 nitrogen and oxygen atoms in total. The summed E-state index contributed by atoms with van der Waals surface area (Å²) in [5.41, 5.74) is 0.159. The van der Waals surface area contributed by atoms with Gasteiger partial charge in [-0.25, -0.2) is 17.9 Å². The van der Waals surface area contributed by atoms with Gasteiger partial charge in [0.25, 0.3) is 0 Å². The van der Waals surface area contributed by atoms with Crippen molar-refractivity contribution in [1.82, 2.24) is 9.62 Å². The summed E-state index contributed by atoms with van der Waals surface area (Å²) in [7, 11) is -1.88. The maximum atomic E-state index is 12.4. The van der Waals surface area contributed by atoms with E-state index in [1.807, 2.05) is 20.8 Å². The van der Waals surface area contributed by atoms with E-state index in [4.69, 9.17) is 9.47 Å². The van der Waals surface area contributed by atoms with Crippen LogP contribution < -0.4 is 9.46 Å². The van der Waals surface area contributed by atoms with E-state index in [9.17, 15) is 13.2 Å². The highest BCUT2D eigenvalue weighted by Gasteiger charge is 2.28. The first kappa shape index (κ1) is 21.5. The van der Waals surface area contributed by atoms with Crippen molar-refractivity contribution in [2.45, 2.75) is 45.0 Å². The van der Waals surface area contributed by atoms with Gasteiger partial charge in [0.15, 0.2) is 0 Å². The second-order valence-corrected chi connectivity index (χ2v) is 9.70. The van der Waals surface area contributed by atoms with Crippen LogP contribution in [0.15, 0.2) is 24.3 Å². The fourth-order valence-electron chi connectivity index (χ4n) is 2.96. The minimum Gasteiger partial charge on any atom is -0.497 e. The van der Waals surface area contributed by atoms with Crippen LogP contribution in [-0.4, -0.2) is 51.8 Å². The second kappa shape index (κ2) is 8.93. The molecule has 1 heterocycles. The fraction of sp³-hybridized carbons (Fsp3) is 0.632. The molecule has 1 amide bonds. The predicted molar refractivity (Wildman–Crippen MR) is 104 cm³/mol. The SMILES string of the molecule is COc1ccc(CS(=O)(=O)NCC2CCCN(C(=O)OC(C)(C)C)C2)cc1. The summed E-state index contributed by atoms with van der Waals surface area (Å²) in [6.45, 7) is 6.96. The largest absolute Gasteiger partial charge is 0.497 e. The fourth-order valence-corrected chi connectivity index (χ4v) is 4.18. The van der Waals surface area contributed by atoms with Gasteiger partial charge in [-0.05, 0) is 57.2 Å². The highest BCUT2D eigenvalue weighted by molar-refractivity contribution is 7.88. The first-order chi connectivity index (χ1) is 12.6. The Morgan fingerprint density at radius 3 is 2.52 bits per heavy atom. The van der Waals surface area contributed by atoms with Crippen LogP contribution >= 0.6 is 0 Å². The van der Waals surface area contributed by atoms with E-state index >= 15 is 0 Å². The van der Waals surface area contributed by atoms with E-state index < -0.39 is 15.6 Å². The average Bonchev–Trinajstić information content (AvgIpc) is 2.59. The molecule has 152 valence electrons. The lowest BCUT2D eigenvalue weighted by Crippen LogP contribution is -2.45. The molecule has 1 fully saturated rings. The van der Waals surface area contributed by atoms with Gasteiger partial charge < -0.3 is 14.4 Å². The lowest BCUT2D eigenvalue weighted by atomic mass is 9.99. The van der Waals surface area contributed by atoms with Crippen LogP contribution in [0.5, 0.6) is 5.75 Å². The molecule has 0 radical (unpaired) electrons. The third-order valence-corrected chi connectivity index (χ3v) is 5.60. The van der Waals surface area contributed by atoms with Crippen molar-refractivity contribution in [2.75, 3.05) is 26.7 Å². The summed E-state index contributed by atoms with van der Waals surface area (Å²) < 4.78 is 37.9. The number of sulfonamides is 1. The summed E-state index contributed by atoms with van der Waals surface area (Å²) in [6, 6.07) is 6.96. The number of benzene rings is 1. The zero-order chi connectivity index (χ0) is 20.1. The molecule has 1 unspecified atom stereocenters. The van der Waals surface area contributed by atoms with Gasteiger partial charge in [-0.2, -0.15) is 0 Å². The molecule has 1 saturated heterocycles. The van der Waals surface area contributed by atoms with Crippen LogP contribution in [0.25, 0.3) is 0 Å². The topological polar surface area (TPSA) is 84.9 Å². The quantitative estimate of drug-likeness (QED) is 0.796. The highest BCUT2D eigenvalue weighted by atomic mass is 32.2. The molecule has 1 aromatic rings. The van der Waals surface area contributed by atoms with E-state index in [0.29, 0.717) is 30.9 Å². The number of nitrogens with one attached hydrogen (secondary N) is 1. The zero-order valence-corrected chi connectivity index (χ0v) is 17.3. The Morgan fingerprint density at radius 2 is 1.93 bits per heavy atom. The van der Waals surface area contributed by atoms with Crippen molar-refractivity contribution in [3.05, 3.63) is 29.8 Å². The lowest BCUT2D eigenvalue weighted by molar-refractivity contribution is 0.0169. The zero-order valence-electron chi connectivity index (χ0n) is 16.5. The Bertz CT molecular complexity index is 725. The lowest BCUT2D eigenvalue weighted by Gasteiger charge is -2.34. The van der Waals surface area contributed by atoms with Gasteiger partial charge in [0.2, 0.25) is 10.0 Å². The number of hydrogen-bond donors (Lipinski definition) is 1. The number of methoxy groups -OCH3 is 1. The Morgan fingerprint density at radius 1 is 1.26 bits per heavy atom. The third kappa shape index (κ3) is 7.38. The van der Waals surface area contributed by atoms with Gasteiger partial charge in [0.05, 0.1) is 12.9 Å². The van der Waals surface area contributed by atoms with Gasteiger partial charge in [0.1, 0.15) is 11.4 Å². The van der Waals surface area contributed by atoms with Crippen molar-refractivity contribution >= 4 is 16.1 Å². The highest BCUT2D eigenvalue weighted by Crippen LogP contribution is 2.19. The summed E-state index contributed by atoms with van der Waals surface area (Å²) in [5.74, 6) is 0.685. The van der Waals surface area contributed by atoms with Crippen LogP contribution in [0.2, 0.25) is 0 Å². The Kier molecular flexibility index (Phi) is 7.11. The maximum absolute atomic E-state index is 12.4. The molecule has 0 aromatic heterocycles. The van der Waals surface area contributed by atoms with Crippen molar-refractivity contribution in [3.63, 3.8) is 0 Å². The molecule has 0 spiro atoms. The van der Waals surface area contributed by atoms with Crippen LogP contribution in [0.4, 0.5) is 4.79 Å². The number of hydrogen-bond acceptors (Lipinski definition) is 5. The number of rotatable bonds is 6. The number of amides is 1. The van der Waals surface area contributed by atoms with Crippen LogP contribution in [0, 0.1) is 5.92 Å². The molecule has 8 heteroatoms. The van der Waals surface area contributed by atoms with Crippen molar-refractivity contribution < 1.29 is 22.7 Å². The van der Waals surface area contributed by atoms with E-state index in [1.54, 1.807) is 36.3 Å². The molecule has 1 aromatic carbocycles. The number of carbonyl (C=O) groups is 1.